The van der Waals surface area contributed by atoms with Crippen molar-refractivity contribution in [3.8, 4) is 0 Å². The standard InChI is InChI=1S/C26H30N4O2.ClH/c1-19-7-9-21(24-6-4-3-5-23(19)24)17-29(2)25(31)10-8-20-15-22(26(27)28-16-20)18-30-11-13-32-14-12-30;/h3-10,15-16H,11-14,17-18H2,1-2H3,(H2,27,28);1H. The summed E-state index contributed by atoms with van der Waals surface area (Å²) in [6.07, 6.45) is 5.11. The number of fused-ring (bicyclic) bond motifs is 1. The highest BCUT2D eigenvalue weighted by atomic mass is 35.5. The van der Waals surface area contributed by atoms with E-state index in [1.165, 1.54) is 16.3 Å². The first-order chi connectivity index (χ1) is 15.5. The fourth-order valence-corrected chi connectivity index (χ4v) is 4.04. The molecular weight excluding hydrogens is 436 g/mol. The molecule has 1 aliphatic heterocycles. The van der Waals surface area contributed by atoms with Crippen molar-refractivity contribution in [2.45, 2.75) is 20.0 Å². The number of amides is 1. The largest absolute Gasteiger partial charge is 0.383 e. The van der Waals surface area contributed by atoms with Gasteiger partial charge in [0.2, 0.25) is 5.91 Å². The molecule has 0 radical (unpaired) electrons. The number of nitrogen functional groups attached to an aromatic ring is 1. The third-order valence-corrected chi connectivity index (χ3v) is 5.95. The maximum Gasteiger partial charge on any atom is 0.246 e. The molecule has 1 saturated heterocycles. The molecule has 4 rings (SSSR count). The second kappa shape index (κ2) is 11.3. The summed E-state index contributed by atoms with van der Waals surface area (Å²) in [6, 6.07) is 14.5. The zero-order chi connectivity index (χ0) is 22.5. The monoisotopic (exact) mass is 466 g/mol. The molecule has 0 saturated carbocycles. The number of hydrogen-bond donors (Lipinski definition) is 1. The van der Waals surface area contributed by atoms with Gasteiger partial charge in [-0.05, 0) is 46.5 Å². The van der Waals surface area contributed by atoms with Crippen LogP contribution in [0.1, 0.15) is 22.3 Å². The van der Waals surface area contributed by atoms with Crippen LogP contribution < -0.4 is 5.73 Å². The quantitative estimate of drug-likeness (QED) is 0.555. The summed E-state index contributed by atoms with van der Waals surface area (Å²) in [6.45, 7) is 6.64. The molecular formula is C26H31ClN4O2. The van der Waals surface area contributed by atoms with E-state index in [0.29, 0.717) is 12.4 Å². The fraction of sp³-hybridized carbons (Fsp3) is 0.308. The van der Waals surface area contributed by atoms with Crippen LogP contribution in [-0.4, -0.2) is 54.0 Å². The van der Waals surface area contributed by atoms with Crippen LogP contribution in [0.25, 0.3) is 16.8 Å². The zero-order valence-corrected chi connectivity index (χ0v) is 20.0. The molecule has 174 valence electrons. The van der Waals surface area contributed by atoms with Crippen molar-refractivity contribution in [2.24, 2.45) is 0 Å². The van der Waals surface area contributed by atoms with Crippen molar-refractivity contribution >= 4 is 41.0 Å². The molecule has 1 aromatic heterocycles. The number of pyridine rings is 1. The number of anilines is 1. The van der Waals surface area contributed by atoms with E-state index in [2.05, 4.69) is 41.1 Å². The summed E-state index contributed by atoms with van der Waals surface area (Å²) in [7, 11) is 1.83. The number of nitrogens with two attached hydrogens (primary N) is 1. The average Bonchev–Trinajstić information content (AvgIpc) is 2.82. The highest BCUT2D eigenvalue weighted by Crippen LogP contribution is 2.23. The van der Waals surface area contributed by atoms with Gasteiger partial charge in [0.25, 0.3) is 0 Å². The molecule has 0 unspecified atom stereocenters. The average molecular weight is 467 g/mol. The SMILES string of the molecule is Cc1ccc(CN(C)C(=O)C=Cc2cnc(N)c(CN3CCOCC3)c2)c2ccccc12.Cl. The number of morpholine rings is 1. The van der Waals surface area contributed by atoms with E-state index in [0.717, 1.165) is 49.5 Å². The molecule has 6 nitrogen and oxygen atoms in total. The number of halogens is 1. The second-order valence-corrected chi connectivity index (χ2v) is 8.32. The number of ether oxygens (including phenoxy) is 1. The maximum absolute atomic E-state index is 12.8. The van der Waals surface area contributed by atoms with Crippen LogP contribution in [0.2, 0.25) is 0 Å². The Morgan fingerprint density at radius 3 is 2.64 bits per heavy atom. The topological polar surface area (TPSA) is 71.7 Å². The van der Waals surface area contributed by atoms with Gasteiger partial charge in [-0.1, -0.05) is 36.4 Å². The zero-order valence-electron chi connectivity index (χ0n) is 19.2. The highest BCUT2D eigenvalue weighted by molar-refractivity contribution is 5.92. The van der Waals surface area contributed by atoms with Crippen LogP contribution in [0.3, 0.4) is 0 Å². The lowest BCUT2D eigenvalue weighted by Crippen LogP contribution is -2.35. The van der Waals surface area contributed by atoms with Gasteiger partial charge in [-0.2, -0.15) is 0 Å². The summed E-state index contributed by atoms with van der Waals surface area (Å²) >= 11 is 0. The Bertz CT molecular complexity index is 1140. The van der Waals surface area contributed by atoms with Gasteiger partial charge in [0, 0.05) is 51.1 Å². The first kappa shape index (κ1) is 24.7. The minimum Gasteiger partial charge on any atom is -0.383 e. The molecule has 1 amide bonds. The number of aryl methyl sites for hydroxylation is 1. The van der Waals surface area contributed by atoms with E-state index in [1.807, 2.05) is 25.2 Å². The number of carbonyl (C=O) groups is 1. The van der Waals surface area contributed by atoms with Crippen molar-refractivity contribution in [1.29, 1.82) is 0 Å². The minimum absolute atomic E-state index is 0. The lowest BCUT2D eigenvalue weighted by Gasteiger charge is -2.26. The smallest absolute Gasteiger partial charge is 0.246 e. The normalized spacial score (nSPS) is 14.4. The van der Waals surface area contributed by atoms with Gasteiger partial charge in [0.1, 0.15) is 5.82 Å². The lowest BCUT2D eigenvalue weighted by molar-refractivity contribution is -0.125. The highest BCUT2D eigenvalue weighted by Gasteiger charge is 2.13. The predicted molar refractivity (Wildman–Crippen MR) is 136 cm³/mol. The van der Waals surface area contributed by atoms with Gasteiger partial charge in [0.05, 0.1) is 13.2 Å². The number of benzene rings is 2. The minimum atomic E-state index is -0.0544. The van der Waals surface area contributed by atoms with Crippen LogP contribution in [0.4, 0.5) is 5.82 Å². The summed E-state index contributed by atoms with van der Waals surface area (Å²) in [4.78, 5) is 21.1. The number of carbonyl (C=O) groups excluding carboxylic acids is 1. The molecule has 33 heavy (non-hydrogen) atoms. The van der Waals surface area contributed by atoms with Crippen molar-refractivity contribution in [3.05, 3.63) is 77.0 Å². The Balaban J connectivity index is 0.00000306. The molecule has 1 aliphatic rings. The molecule has 1 fully saturated rings. The van der Waals surface area contributed by atoms with Crippen molar-refractivity contribution in [1.82, 2.24) is 14.8 Å². The third-order valence-electron chi connectivity index (χ3n) is 5.95. The van der Waals surface area contributed by atoms with E-state index in [-0.39, 0.29) is 18.3 Å². The third kappa shape index (κ3) is 6.11. The van der Waals surface area contributed by atoms with Crippen LogP contribution in [0.5, 0.6) is 0 Å². The number of aromatic nitrogens is 1. The predicted octanol–water partition coefficient (Wildman–Crippen LogP) is 4.05. The Morgan fingerprint density at radius 1 is 1.15 bits per heavy atom. The van der Waals surface area contributed by atoms with E-state index in [1.54, 1.807) is 23.2 Å². The van der Waals surface area contributed by atoms with Gasteiger partial charge >= 0.3 is 0 Å². The first-order valence-electron chi connectivity index (χ1n) is 11.0. The molecule has 7 heteroatoms. The van der Waals surface area contributed by atoms with E-state index in [4.69, 9.17) is 10.5 Å². The summed E-state index contributed by atoms with van der Waals surface area (Å²) in [5, 5.41) is 2.41. The number of nitrogens with zero attached hydrogens (tertiary/aromatic N) is 3. The Kier molecular flexibility index (Phi) is 8.44. The molecule has 0 bridgehead atoms. The van der Waals surface area contributed by atoms with E-state index < -0.39 is 0 Å². The molecule has 2 aromatic carbocycles. The van der Waals surface area contributed by atoms with E-state index in [9.17, 15) is 4.79 Å². The molecule has 0 atom stereocenters. The second-order valence-electron chi connectivity index (χ2n) is 8.32. The van der Waals surface area contributed by atoms with Crippen LogP contribution in [-0.2, 0) is 22.6 Å². The van der Waals surface area contributed by atoms with Gasteiger partial charge in [-0.25, -0.2) is 4.98 Å². The van der Waals surface area contributed by atoms with Crippen molar-refractivity contribution < 1.29 is 9.53 Å². The van der Waals surface area contributed by atoms with Crippen LogP contribution in [0, 0.1) is 6.92 Å². The molecule has 2 heterocycles. The number of hydrogen-bond acceptors (Lipinski definition) is 5. The maximum atomic E-state index is 12.8. The molecule has 2 N–H and O–H groups in total. The Hall–Kier alpha value is -2.93. The van der Waals surface area contributed by atoms with E-state index >= 15 is 0 Å². The van der Waals surface area contributed by atoms with Crippen LogP contribution in [0.15, 0.2) is 54.7 Å². The number of likely N-dealkylation sites (N-methyl/N-ethyl adjacent to an activating group) is 1. The van der Waals surface area contributed by atoms with Gasteiger partial charge in [-0.3, -0.25) is 9.69 Å². The first-order valence-corrected chi connectivity index (χ1v) is 11.0. The van der Waals surface area contributed by atoms with Gasteiger partial charge < -0.3 is 15.4 Å². The van der Waals surface area contributed by atoms with Crippen molar-refractivity contribution in [2.75, 3.05) is 39.1 Å². The summed E-state index contributed by atoms with van der Waals surface area (Å²) in [5.74, 6) is 0.476. The molecule has 0 spiro atoms. The fourth-order valence-electron chi connectivity index (χ4n) is 4.04. The van der Waals surface area contributed by atoms with Crippen molar-refractivity contribution in [3.63, 3.8) is 0 Å². The summed E-state index contributed by atoms with van der Waals surface area (Å²) < 4.78 is 5.41. The number of rotatable bonds is 6. The van der Waals surface area contributed by atoms with Crippen LogP contribution >= 0.6 is 12.4 Å². The molecule has 0 aliphatic carbocycles. The molecule has 3 aromatic rings. The Labute approximate surface area is 201 Å². The lowest BCUT2D eigenvalue weighted by atomic mass is 10.00. The van der Waals surface area contributed by atoms with Gasteiger partial charge in [-0.15, -0.1) is 12.4 Å². The van der Waals surface area contributed by atoms with Gasteiger partial charge in [0.15, 0.2) is 0 Å². The Morgan fingerprint density at radius 2 is 1.88 bits per heavy atom. The summed E-state index contributed by atoms with van der Waals surface area (Å²) in [5.41, 5.74) is 10.3.